The van der Waals surface area contributed by atoms with Crippen molar-refractivity contribution in [3.63, 3.8) is 0 Å². The molecule has 324 valence electrons. The molecule has 3 aliphatic heterocycles. The fourth-order valence-corrected chi connectivity index (χ4v) is 12.7. The van der Waals surface area contributed by atoms with Gasteiger partial charge < -0.3 is 19.9 Å². The van der Waals surface area contributed by atoms with E-state index >= 15 is 0 Å². The quantitative estimate of drug-likeness (QED) is 0.219. The second kappa shape index (κ2) is 20.4. The number of aryl methyl sites for hydroxylation is 2. The largest absolute Gasteiger partial charge is 0.453 e. The van der Waals surface area contributed by atoms with Crippen LogP contribution in [-0.2, 0) is 35.2 Å². The lowest BCUT2D eigenvalue weighted by Gasteiger charge is -2.38. The van der Waals surface area contributed by atoms with Crippen LogP contribution in [0.2, 0.25) is 10.0 Å². The molecule has 5 aliphatic rings. The molecule has 0 unspecified atom stereocenters. The molecule has 1 N–H and O–H groups in total. The number of piperidine rings is 3. The number of rotatable bonds is 4. The lowest BCUT2D eigenvalue weighted by atomic mass is 9.76. The van der Waals surface area contributed by atoms with Crippen LogP contribution in [-0.4, -0.2) is 78.1 Å². The Morgan fingerprint density at radius 3 is 1.66 bits per heavy atom. The van der Waals surface area contributed by atoms with Gasteiger partial charge in [0.15, 0.2) is 0 Å². The molecule has 9 rings (SSSR count). The van der Waals surface area contributed by atoms with Crippen LogP contribution in [0.15, 0.2) is 66.7 Å². The molecule has 4 aromatic rings. The average molecular weight is 1120 g/mol. The first-order valence-corrected chi connectivity index (χ1v) is 25.5. The Kier molecular flexibility index (Phi) is 15.2. The van der Waals surface area contributed by atoms with Gasteiger partial charge in [0, 0.05) is 74.7 Å². The Labute approximate surface area is 403 Å². The number of nitrogens with zero attached hydrogens (tertiary/aromatic N) is 4. The zero-order valence-corrected chi connectivity index (χ0v) is 42.2. The smallest absolute Gasteiger partial charge is 0.409 e. The van der Waals surface area contributed by atoms with Crippen LogP contribution in [0.1, 0.15) is 102 Å². The zero-order valence-electron chi connectivity index (χ0n) is 34.3. The molecule has 3 saturated heterocycles. The van der Waals surface area contributed by atoms with Crippen molar-refractivity contribution < 1.29 is 14.3 Å². The third kappa shape index (κ3) is 10.1. The van der Waals surface area contributed by atoms with E-state index < -0.39 is 0 Å². The van der Waals surface area contributed by atoms with Crippen LogP contribution in [0.5, 0.6) is 0 Å². The van der Waals surface area contributed by atoms with Crippen LogP contribution in [0.3, 0.4) is 0 Å². The van der Waals surface area contributed by atoms with E-state index in [1.54, 1.807) is 4.90 Å². The van der Waals surface area contributed by atoms with Crippen LogP contribution in [0, 0.1) is 17.8 Å². The molecular formula is C47H51Br4Cl2N5O3. The summed E-state index contributed by atoms with van der Waals surface area (Å²) in [5, 5.41) is 5.04. The van der Waals surface area contributed by atoms with Gasteiger partial charge in [-0.05, 0) is 216 Å². The lowest BCUT2D eigenvalue weighted by Crippen LogP contribution is -2.42. The highest BCUT2D eigenvalue weighted by Crippen LogP contribution is 2.47. The molecule has 2 aliphatic carbocycles. The minimum absolute atomic E-state index is 0.189. The van der Waals surface area contributed by atoms with E-state index in [1.807, 2.05) is 24.5 Å². The van der Waals surface area contributed by atoms with Crippen LogP contribution in [0.25, 0.3) is 0 Å². The normalized spacial score (nSPS) is 20.8. The highest BCUT2D eigenvalue weighted by Gasteiger charge is 2.37. The van der Waals surface area contributed by atoms with Crippen molar-refractivity contribution in [3.05, 3.63) is 121 Å². The molecule has 14 heteroatoms. The molecule has 2 aromatic heterocycles. The van der Waals surface area contributed by atoms with Crippen molar-refractivity contribution in [1.29, 1.82) is 0 Å². The number of pyridine rings is 2. The number of carbonyl (C=O) groups is 2. The fourth-order valence-electron chi connectivity index (χ4n) is 10.5. The number of hydrogen-bond donors (Lipinski definition) is 1. The van der Waals surface area contributed by atoms with Crippen molar-refractivity contribution in [2.45, 2.75) is 82.5 Å². The summed E-state index contributed by atoms with van der Waals surface area (Å²) in [6.45, 7) is 5.06. The second-order valence-corrected chi connectivity index (χ2v) is 21.4. The Morgan fingerprint density at radius 1 is 0.689 bits per heavy atom. The second-order valence-electron chi connectivity index (χ2n) is 17.1. The predicted octanol–water partition coefficient (Wildman–Crippen LogP) is 12.1. The Hall–Kier alpha value is -2.06. The van der Waals surface area contributed by atoms with Gasteiger partial charge in [0.25, 0.3) is 0 Å². The minimum Gasteiger partial charge on any atom is -0.453 e. The van der Waals surface area contributed by atoms with Crippen LogP contribution < -0.4 is 5.32 Å². The van der Waals surface area contributed by atoms with Crippen LogP contribution >= 0.6 is 86.9 Å². The standard InChI is InChI=1S/C28H32Br2ClN3O3.C19H19Br2ClN2/c1-37-28(36)34-10-6-17(7-11-34)14-24(35)33-12-8-18(9-13-33)25-21-4-5-23(31)26(30)22(21)3-2-19-15-20(29)16-32-27(19)25;20-13-9-12-1-2-15-14(3-4-16(22)18(15)21)17(19(12)24-10-13)11-5-7-23-8-6-11/h4-5,15-18,25H,2-3,6-14H2,1H3;3-4,9-11,17,23H,1-2,5-8H2/t25-;17-/m00/s1. The highest BCUT2D eigenvalue weighted by atomic mass is 79.9. The van der Waals surface area contributed by atoms with Gasteiger partial charge in [-0.1, -0.05) is 35.3 Å². The molecule has 0 bridgehead atoms. The molecular weight excluding hydrogens is 1070 g/mol. The van der Waals surface area contributed by atoms with E-state index in [1.165, 1.54) is 64.7 Å². The third-order valence-electron chi connectivity index (χ3n) is 13.7. The number of methoxy groups -OCH3 is 1. The number of fused-ring (bicyclic) bond motifs is 4. The van der Waals surface area contributed by atoms with E-state index in [9.17, 15) is 9.59 Å². The average Bonchev–Trinajstić information content (AvgIpc) is 3.55. The summed E-state index contributed by atoms with van der Waals surface area (Å²) < 4.78 is 8.95. The van der Waals surface area contributed by atoms with E-state index in [2.05, 4.69) is 98.2 Å². The summed E-state index contributed by atoms with van der Waals surface area (Å²) >= 11 is 27.6. The SMILES string of the molecule is COC(=O)N1CCC(CC(=O)N2CCC([C@H]3c4ccc(Cl)c(Br)c4CCc4cc(Br)cnc43)CC2)CC1.Clc1ccc2c(c1Br)CCc1cc(Br)cnc1[C@H]2C1CCNCC1. The number of likely N-dealkylation sites (tertiary alicyclic amines) is 2. The van der Waals surface area contributed by atoms with Gasteiger partial charge in [-0.3, -0.25) is 14.8 Å². The molecule has 2 amide bonds. The van der Waals surface area contributed by atoms with Crippen molar-refractivity contribution in [2.24, 2.45) is 17.8 Å². The molecule has 0 saturated carbocycles. The van der Waals surface area contributed by atoms with Gasteiger partial charge in [-0.25, -0.2) is 4.79 Å². The first-order valence-electron chi connectivity index (χ1n) is 21.5. The molecule has 0 spiro atoms. The minimum atomic E-state index is -0.273. The number of carbonyl (C=O) groups excluding carboxylic acids is 2. The number of nitrogens with one attached hydrogen (secondary N) is 1. The number of ether oxygens (including phenoxy) is 1. The lowest BCUT2D eigenvalue weighted by molar-refractivity contribution is -0.134. The van der Waals surface area contributed by atoms with Gasteiger partial charge in [0.2, 0.25) is 5.91 Å². The molecule has 0 radical (unpaired) electrons. The van der Waals surface area contributed by atoms with Crippen molar-refractivity contribution in [2.75, 3.05) is 46.4 Å². The Bertz CT molecular complexity index is 2260. The van der Waals surface area contributed by atoms with Gasteiger partial charge >= 0.3 is 6.09 Å². The molecule has 3 fully saturated rings. The van der Waals surface area contributed by atoms with Crippen molar-refractivity contribution in [3.8, 4) is 0 Å². The van der Waals surface area contributed by atoms with Crippen molar-refractivity contribution >= 4 is 98.9 Å². The van der Waals surface area contributed by atoms with Gasteiger partial charge in [0.05, 0.1) is 28.5 Å². The number of hydrogen-bond acceptors (Lipinski definition) is 6. The number of aromatic nitrogens is 2. The molecule has 2 aromatic carbocycles. The molecule has 61 heavy (non-hydrogen) atoms. The topological polar surface area (TPSA) is 87.7 Å². The van der Waals surface area contributed by atoms with Gasteiger partial charge in [-0.2, -0.15) is 0 Å². The predicted molar refractivity (Wildman–Crippen MR) is 257 cm³/mol. The summed E-state index contributed by atoms with van der Waals surface area (Å²) in [5.41, 5.74) is 10.4. The van der Waals surface area contributed by atoms with E-state index in [4.69, 9.17) is 37.9 Å². The maximum Gasteiger partial charge on any atom is 0.409 e. The number of halogens is 6. The van der Waals surface area contributed by atoms with Gasteiger partial charge in [-0.15, -0.1) is 0 Å². The first kappa shape index (κ1) is 45.5. The van der Waals surface area contributed by atoms with Crippen LogP contribution in [0.4, 0.5) is 4.79 Å². The number of amides is 2. The molecule has 5 heterocycles. The van der Waals surface area contributed by atoms with Gasteiger partial charge in [0.1, 0.15) is 0 Å². The van der Waals surface area contributed by atoms with E-state index in [-0.39, 0.29) is 17.9 Å². The zero-order chi connectivity index (χ0) is 42.8. The molecule has 2 atom stereocenters. The van der Waals surface area contributed by atoms with E-state index in [0.717, 1.165) is 105 Å². The highest BCUT2D eigenvalue weighted by molar-refractivity contribution is 9.11. The summed E-state index contributed by atoms with van der Waals surface area (Å²) in [6, 6.07) is 12.9. The maximum atomic E-state index is 13.2. The molecule has 8 nitrogen and oxygen atoms in total. The van der Waals surface area contributed by atoms with E-state index in [0.29, 0.717) is 43.2 Å². The van der Waals surface area contributed by atoms with Crippen molar-refractivity contribution in [1.82, 2.24) is 25.1 Å². The summed E-state index contributed by atoms with van der Waals surface area (Å²) in [4.78, 5) is 38.5. The summed E-state index contributed by atoms with van der Waals surface area (Å²) in [6.07, 6.45) is 14.0. The first-order chi connectivity index (χ1) is 29.5. The third-order valence-corrected chi connectivity index (χ3v) is 17.4. The Balaban J connectivity index is 0.000000184. The number of benzene rings is 2. The summed E-state index contributed by atoms with van der Waals surface area (Å²) in [5.74, 6) is 2.16. The fraction of sp³-hybridized carbons (Fsp3) is 0.489. The monoisotopic (exact) mass is 1120 g/mol. The summed E-state index contributed by atoms with van der Waals surface area (Å²) in [7, 11) is 1.41. The Morgan fingerprint density at radius 2 is 1.16 bits per heavy atom. The maximum absolute atomic E-state index is 13.2.